The van der Waals surface area contributed by atoms with Gasteiger partial charge in [-0.05, 0) is 46.1 Å². The molecule has 1 aliphatic heterocycles. The van der Waals surface area contributed by atoms with Crippen molar-refractivity contribution in [3.8, 4) is 0 Å². The van der Waals surface area contributed by atoms with Gasteiger partial charge in [0.2, 0.25) is 0 Å². The second-order valence-corrected chi connectivity index (χ2v) is 6.64. The zero-order valence-corrected chi connectivity index (χ0v) is 13.5. The number of aryl methyl sites for hydroxylation is 1. The molecular formula is C15H27N3S. The van der Waals surface area contributed by atoms with Crippen LogP contribution < -0.4 is 10.2 Å². The van der Waals surface area contributed by atoms with E-state index in [9.17, 15) is 0 Å². The molecule has 0 aromatic carbocycles. The molecular weight excluding hydrogens is 254 g/mol. The van der Waals surface area contributed by atoms with Gasteiger partial charge in [0.05, 0.1) is 5.69 Å². The molecule has 1 saturated heterocycles. The summed E-state index contributed by atoms with van der Waals surface area (Å²) in [5.41, 5.74) is 1.21. The molecule has 4 heteroatoms. The first-order chi connectivity index (χ1) is 9.17. The summed E-state index contributed by atoms with van der Waals surface area (Å²) in [6.07, 6.45) is 5.04. The molecule has 0 saturated carbocycles. The molecule has 2 heterocycles. The van der Waals surface area contributed by atoms with Crippen molar-refractivity contribution in [1.29, 1.82) is 0 Å². The monoisotopic (exact) mass is 281 g/mol. The maximum absolute atomic E-state index is 4.82. The molecule has 2 atom stereocenters. The SMILES string of the molecule is CCCNCc1sc(N2C(C)CCC2CC)nc1C. The molecule has 0 spiro atoms. The molecule has 0 radical (unpaired) electrons. The predicted octanol–water partition coefficient (Wildman–Crippen LogP) is 3.72. The Labute approximate surface area is 121 Å². The van der Waals surface area contributed by atoms with Gasteiger partial charge in [-0.2, -0.15) is 0 Å². The molecule has 1 aliphatic rings. The van der Waals surface area contributed by atoms with Gasteiger partial charge in [-0.15, -0.1) is 11.3 Å². The van der Waals surface area contributed by atoms with Crippen LogP contribution in [0.25, 0.3) is 0 Å². The molecule has 2 unspecified atom stereocenters. The van der Waals surface area contributed by atoms with E-state index in [0.717, 1.165) is 13.1 Å². The lowest BCUT2D eigenvalue weighted by molar-refractivity contribution is 0.626. The van der Waals surface area contributed by atoms with E-state index >= 15 is 0 Å². The molecule has 1 aromatic rings. The van der Waals surface area contributed by atoms with Gasteiger partial charge >= 0.3 is 0 Å². The van der Waals surface area contributed by atoms with Gasteiger partial charge < -0.3 is 10.2 Å². The molecule has 108 valence electrons. The lowest BCUT2D eigenvalue weighted by Crippen LogP contribution is -2.33. The van der Waals surface area contributed by atoms with Crippen molar-refractivity contribution in [2.45, 2.75) is 72.0 Å². The molecule has 1 N–H and O–H groups in total. The first-order valence-corrected chi connectivity index (χ1v) is 8.44. The normalized spacial score (nSPS) is 23.3. The van der Waals surface area contributed by atoms with Crippen LogP contribution in [0.5, 0.6) is 0 Å². The van der Waals surface area contributed by atoms with Crippen LogP contribution in [0, 0.1) is 6.92 Å². The van der Waals surface area contributed by atoms with E-state index in [4.69, 9.17) is 4.98 Å². The molecule has 0 aliphatic carbocycles. The summed E-state index contributed by atoms with van der Waals surface area (Å²) in [6, 6.07) is 1.34. The van der Waals surface area contributed by atoms with Crippen LogP contribution in [0.1, 0.15) is 57.0 Å². The average Bonchev–Trinajstić information content (AvgIpc) is 2.93. The van der Waals surface area contributed by atoms with Gasteiger partial charge in [0.15, 0.2) is 5.13 Å². The number of hydrogen-bond acceptors (Lipinski definition) is 4. The predicted molar refractivity (Wildman–Crippen MR) is 84.1 cm³/mol. The standard InChI is InChI=1S/C15H27N3S/c1-5-9-16-10-14-12(4)17-15(19-14)18-11(3)7-8-13(18)6-2/h11,13,16H,5-10H2,1-4H3. The van der Waals surface area contributed by atoms with Crippen LogP contribution in [-0.4, -0.2) is 23.6 Å². The van der Waals surface area contributed by atoms with E-state index in [1.807, 2.05) is 11.3 Å². The summed E-state index contributed by atoms with van der Waals surface area (Å²) in [6.45, 7) is 11.0. The van der Waals surface area contributed by atoms with Crippen LogP contribution in [-0.2, 0) is 6.54 Å². The van der Waals surface area contributed by atoms with Crippen molar-refractivity contribution in [2.24, 2.45) is 0 Å². The third-order valence-corrected chi connectivity index (χ3v) is 5.24. The first kappa shape index (κ1) is 14.8. The maximum atomic E-state index is 4.82. The Kier molecular flexibility index (Phi) is 5.22. The molecule has 0 amide bonds. The molecule has 19 heavy (non-hydrogen) atoms. The van der Waals surface area contributed by atoms with Gasteiger partial charge in [-0.3, -0.25) is 0 Å². The van der Waals surface area contributed by atoms with E-state index in [2.05, 4.69) is 37.9 Å². The highest BCUT2D eigenvalue weighted by molar-refractivity contribution is 7.15. The second-order valence-electron chi connectivity index (χ2n) is 5.58. The number of nitrogens with zero attached hydrogens (tertiary/aromatic N) is 2. The van der Waals surface area contributed by atoms with Crippen LogP contribution in [0.3, 0.4) is 0 Å². The van der Waals surface area contributed by atoms with E-state index in [-0.39, 0.29) is 0 Å². The average molecular weight is 281 g/mol. The van der Waals surface area contributed by atoms with Crippen LogP contribution in [0.4, 0.5) is 5.13 Å². The van der Waals surface area contributed by atoms with Crippen LogP contribution in [0.2, 0.25) is 0 Å². The Balaban J connectivity index is 2.10. The van der Waals surface area contributed by atoms with Crippen molar-refractivity contribution < 1.29 is 0 Å². The zero-order chi connectivity index (χ0) is 13.8. The lowest BCUT2D eigenvalue weighted by atomic mass is 10.2. The summed E-state index contributed by atoms with van der Waals surface area (Å²) in [5, 5.41) is 4.72. The van der Waals surface area contributed by atoms with Crippen LogP contribution in [0.15, 0.2) is 0 Å². The molecule has 0 bridgehead atoms. The van der Waals surface area contributed by atoms with Gasteiger partial charge in [0, 0.05) is 23.5 Å². The quantitative estimate of drug-likeness (QED) is 0.806. The fourth-order valence-corrected chi connectivity index (χ4v) is 4.09. The number of thiazole rings is 1. The highest BCUT2D eigenvalue weighted by Crippen LogP contribution is 2.35. The molecule has 2 rings (SSSR count). The third-order valence-electron chi connectivity index (χ3n) is 4.07. The van der Waals surface area contributed by atoms with Crippen molar-refractivity contribution in [2.75, 3.05) is 11.4 Å². The Morgan fingerprint density at radius 1 is 1.37 bits per heavy atom. The number of hydrogen-bond donors (Lipinski definition) is 1. The maximum Gasteiger partial charge on any atom is 0.186 e. The number of anilines is 1. The van der Waals surface area contributed by atoms with Gasteiger partial charge in [0.25, 0.3) is 0 Å². The number of aromatic nitrogens is 1. The van der Waals surface area contributed by atoms with E-state index in [1.54, 1.807) is 0 Å². The minimum atomic E-state index is 0.645. The van der Waals surface area contributed by atoms with E-state index in [1.165, 1.54) is 41.4 Å². The highest BCUT2D eigenvalue weighted by Gasteiger charge is 2.31. The minimum absolute atomic E-state index is 0.645. The number of nitrogens with one attached hydrogen (secondary N) is 1. The van der Waals surface area contributed by atoms with Crippen molar-refractivity contribution in [3.63, 3.8) is 0 Å². The summed E-state index contributed by atoms with van der Waals surface area (Å²) in [4.78, 5) is 8.78. The Morgan fingerprint density at radius 2 is 2.16 bits per heavy atom. The van der Waals surface area contributed by atoms with E-state index < -0.39 is 0 Å². The van der Waals surface area contributed by atoms with E-state index in [0.29, 0.717) is 12.1 Å². The Morgan fingerprint density at radius 3 is 2.84 bits per heavy atom. The Hall–Kier alpha value is -0.610. The van der Waals surface area contributed by atoms with Crippen LogP contribution >= 0.6 is 11.3 Å². The second kappa shape index (κ2) is 6.71. The van der Waals surface area contributed by atoms with Crippen molar-refractivity contribution in [1.82, 2.24) is 10.3 Å². The third kappa shape index (κ3) is 3.29. The topological polar surface area (TPSA) is 28.2 Å². The zero-order valence-electron chi connectivity index (χ0n) is 12.7. The van der Waals surface area contributed by atoms with Gasteiger partial charge in [0.1, 0.15) is 0 Å². The fourth-order valence-electron chi connectivity index (χ4n) is 2.88. The summed E-state index contributed by atoms with van der Waals surface area (Å²) >= 11 is 1.88. The lowest BCUT2D eigenvalue weighted by Gasteiger charge is -2.27. The van der Waals surface area contributed by atoms with Gasteiger partial charge in [-0.1, -0.05) is 13.8 Å². The van der Waals surface area contributed by atoms with Crippen molar-refractivity contribution in [3.05, 3.63) is 10.6 Å². The summed E-state index contributed by atoms with van der Waals surface area (Å²) in [5.74, 6) is 0. The Bertz CT molecular complexity index is 402. The molecule has 3 nitrogen and oxygen atoms in total. The fraction of sp³-hybridized carbons (Fsp3) is 0.800. The summed E-state index contributed by atoms with van der Waals surface area (Å²) in [7, 11) is 0. The summed E-state index contributed by atoms with van der Waals surface area (Å²) < 4.78 is 0. The largest absolute Gasteiger partial charge is 0.342 e. The molecule has 1 fully saturated rings. The number of rotatable bonds is 6. The first-order valence-electron chi connectivity index (χ1n) is 7.62. The van der Waals surface area contributed by atoms with Crippen molar-refractivity contribution >= 4 is 16.5 Å². The smallest absolute Gasteiger partial charge is 0.186 e. The highest BCUT2D eigenvalue weighted by atomic mass is 32.1. The van der Waals surface area contributed by atoms with Gasteiger partial charge in [-0.25, -0.2) is 4.98 Å². The molecule has 1 aromatic heterocycles. The minimum Gasteiger partial charge on any atom is -0.342 e.